The fourth-order valence-electron chi connectivity index (χ4n) is 3.61. The zero-order valence-corrected chi connectivity index (χ0v) is 17.2. The number of hydrogen-bond donors (Lipinski definition) is 2. The molecule has 30 heavy (non-hydrogen) atoms. The third kappa shape index (κ3) is 5.21. The van der Waals surface area contributed by atoms with Crippen molar-refractivity contribution in [1.82, 2.24) is 4.90 Å². The van der Waals surface area contributed by atoms with Gasteiger partial charge in [-0.05, 0) is 63.0 Å². The molecule has 2 aromatic carbocycles. The van der Waals surface area contributed by atoms with Crippen LogP contribution < -0.4 is 10.6 Å². The number of carbonyl (C=O) groups excluding carboxylic acids is 2. The Morgan fingerprint density at radius 1 is 1.07 bits per heavy atom. The van der Waals surface area contributed by atoms with Gasteiger partial charge in [-0.3, -0.25) is 24.6 Å². The quantitative estimate of drug-likeness (QED) is 0.560. The maximum absolute atomic E-state index is 12.5. The maximum atomic E-state index is 12.5. The lowest BCUT2D eigenvalue weighted by atomic mass is 9.95. The number of rotatable bonds is 6. The molecule has 2 amide bonds. The number of nitro benzene ring substituents is 1. The van der Waals surface area contributed by atoms with Gasteiger partial charge in [-0.15, -0.1) is 0 Å². The zero-order chi connectivity index (χ0) is 21.7. The summed E-state index contributed by atoms with van der Waals surface area (Å²) < 4.78 is 0. The minimum absolute atomic E-state index is 0.00341. The molecule has 0 unspecified atom stereocenters. The van der Waals surface area contributed by atoms with Gasteiger partial charge in [-0.25, -0.2) is 0 Å². The van der Waals surface area contributed by atoms with Gasteiger partial charge in [0, 0.05) is 17.7 Å². The molecular weight excluding hydrogens is 384 g/mol. The smallest absolute Gasteiger partial charge is 0.293 e. The first-order valence-corrected chi connectivity index (χ1v) is 9.98. The standard InChI is InChI=1S/C22H26N4O4/c1-15-8-9-19(26(29)30)21(16(15)2)24-20(27)14-25-12-10-17(11-13-25)22(28)23-18-6-4-3-5-7-18/h3-9,17H,10-14H2,1-2H3,(H,23,28)(H,24,27). The number of likely N-dealkylation sites (tertiary alicyclic amines) is 1. The lowest BCUT2D eigenvalue weighted by Crippen LogP contribution is -2.41. The van der Waals surface area contributed by atoms with Gasteiger partial charge in [0.15, 0.2) is 0 Å². The van der Waals surface area contributed by atoms with Crippen LogP contribution in [0.2, 0.25) is 0 Å². The molecule has 0 aromatic heterocycles. The second-order valence-corrected chi connectivity index (χ2v) is 7.61. The highest BCUT2D eigenvalue weighted by Gasteiger charge is 2.27. The second kappa shape index (κ2) is 9.49. The molecular formula is C22H26N4O4. The van der Waals surface area contributed by atoms with Gasteiger partial charge in [0.2, 0.25) is 11.8 Å². The monoisotopic (exact) mass is 410 g/mol. The largest absolute Gasteiger partial charge is 0.326 e. The van der Waals surface area contributed by atoms with Crippen LogP contribution >= 0.6 is 0 Å². The van der Waals surface area contributed by atoms with E-state index < -0.39 is 4.92 Å². The minimum Gasteiger partial charge on any atom is -0.326 e. The number of amides is 2. The van der Waals surface area contributed by atoms with Crippen LogP contribution in [-0.4, -0.2) is 41.3 Å². The number of anilines is 2. The van der Waals surface area contributed by atoms with E-state index in [0.717, 1.165) is 11.3 Å². The van der Waals surface area contributed by atoms with E-state index in [2.05, 4.69) is 10.6 Å². The van der Waals surface area contributed by atoms with Crippen LogP contribution in [0.5, 0.6) is 0 Å². The predicted octanol–water partition coefficient (Wildman–Crippen LogP) is 3.50. The molecule has 8 nitrogen and oxygen atoms in total. The Labute approximate surface area is 175 Å². The fraction of sp³-hybridized carbons (Fsp3) is 0.364. The molecule has 0 atom stereocenters. The molecule has 158 valence electrons. The number of hydrogen-bond acceptors (Lipinski definition) is 5. The minimum atomic E-state index is -0.487. The van der Waals surface area contributed by atoms with Crippen LogP contribution in [-0.2, 0) is 9.59 Å². The molecule has 1 fully saturated rings. The average Bonchev–Trinajstić information content (AvgIpc) is 2.72. The second-order valence-electron chi connectivity index (χ2n) is 7.61. The molecule has 3 rings (SSSR count). The van der Waals surface area contributed by atoms with E-state index in [1.54, 1.807) is 13.0 Å². The third-order valence-corrected chi connectivity index (χ3v) is 5.54. The first kappa shape index (κ1) is 21.4. The Kier molecular flexibility index (Phi) is 6.79. The van der Waals surface area contributed by atoms with E-state index in [-0.39, 0.29) is 35.7 Å². The average molecular weight is 410 g/mol. The molecule has 1 aliphatic heterocycles. The van der Waals surface area contributed by atoms with Crippen molar-refractivity contribution in [3.63, 3.8) is 0 Å². The highest BCUT2D eigenvalue weighted by Crippen LogP contribution is 2.30. The highest BCUT2D eigenvalue weighted by molar-refractivity contribution is 5.96. The van der Waals surface area contributed by atoms with Crippen molar-refractivity contribution in [1.29, 1.82) is 0 Å². The van der Waals surface area contributed by atoms with Gasteiger partial charge in [0.05, 0.1) is 11.5 Å². The third-order valence-electron chi connectivity index (χ3n) is 5.54. The molecule has 0 radical (unpaired) electrons. The van der Waals surface area contributed by atoms with Gasteiger partial charge < -0.3 is 10.6 Å². The summed E-state index contributed by atoms with van der Waals surface area (Å²) in [5, 5.41) is 16.9. The van der Waals surface area contributed by atoms with Crippen LogP contribution in [0.3, 0.4) is 0 Å². The highest BCUT2D eigenvalue weighted by atomic mass is 16.6. The Morgan fingerprint density at radius 2 is 1.73 bits per heavy atom. The number of nitro groups is 1. The van der Waals surface area contributed by atoms with Crippen molar-refractivity contribution in [2.24, 2.45) is 5.92 Å². The molecule has 8 heteroatoms. The molecule has 1 heterocycles. The van der Waals surface area contributed by atoms with Gasteiger partial charge in [0.1, 0.15) is 5.69 Å². The van der Waals surface area contributed by atoms with Crippen molar-refractivity contribution in [3.05, 3.63) is 63.7 Å². The number of benzene rings is 2. The summed E-state index contributed by atoms with van der Waals surface area (Å²) in [4.78, 5) is 37.7. The summed E-state index contributed by atoms with van der Waals surface area (Å²) in [5.41, 5.74) is 2.49. The van der Waals surface area contributed by atoms with Gasteiger partial charge >= 0.3 is 0 Å². The van der Waals surface area contributed by atoms with Gasteiger partial charge in [-0.1, -0.05) is 24.3 Å². The molecule has 0 saturated carbocycles. The zero-order valence-electron chi connectivity index (χ0n) is 17.2. The Hall–Kier alpha value is -3.26. The summed E-state index contributed by atoms with van der Waals surface area (Å²) in [5.74, 6) is -0.389. The van der Waals surface area contributed by atoms with Crippen LogP contribution in [0, 0.1) is 29.9 Å². The SMILES string of the molecule is Cc1ccc([N+](=O)[O-])c(NC(=O)CN2CCC(C(=O)Nc3ccccc3)CC2)c1C. The predicted molar refractivity (Wildman–Crippen MR) is 115 cm³/mol. The van der Waals surface area contributed by atoms with Crippen molar-refractivity contribution >= 4 is 28.9 Å². The number of para-hydroxylation sites is 1. The van der Waals surface area contributed by atoms with E-state index in [4.69, 9.17) is 0 Å². The first-order chi connectivity index (χ1) is 14.3. The summed E-state index contributed by atoms with van der Waals surface area (Å²) in [7, 11) is 0. The normalized spacial score (nSPS) is 14.9. The molecule has 2 aromatic rings. The summed E-state index contributed by atoms with van der Waals surface area (Å²) in [6.07, 6.45) is 1.32. The van der Waals surface area contributed by atoms with Crippen LogP contribution in [0.4, 0.5) is 17.1 Å². The molecule has 2 N–H and O–H groups in total. The van der Waals surface area contributed by atoms with Crippen molar-refractivity contribution in [3.8, 4) is 0 Å². The number of carbonyl (C=O) groups is 2. The maximum Gasteiger partial charge on any atom is 0.293 e. The van der Waals surface area contributed by atoms with E-state index in [9.17, 15) is 19.7 Å². The molecule has 1 aliphatic rings. The summed E-state index contributed by atoms with van der Waals surface area (Å²) >= 11 is 0. The topological polar surface area (TPSA) is 105 Å². The van der Waals surface area contributed by atoms with Crippen molar-refractivity contribution in [2.75, 3.05) is 30.3 Å². The summed E-state index contributed by atoms with van der Waals surface area (Å²) in [6.45, 7) is 4.98. The van der Waals surface area contributed by atoms with E-state index in [0.29, 0.717) is 31.5 Å². The van der Waals surface area contributed by atoms with Crippen LogP contribution in [0.25, 0.3) is 0 Å². The van der Waals surface area contributed by atoms with Gasteiger partial charge in [0.25, 0.3) is 5.69 Å². The molecule has 0 aliphatic carbocycles. The lowest BCUT2D eigenvalue weighted by Gasteiger charge is -2.30. The Balaban J connectivity index is 1.53. The number of nitrogens with one attached hydrogen (secondary N) is 2. The van der Waals surface area contributed by atoms with Gasteiger partial charge in [-0.2, -0.15) is 0 Å². The molecule has 1 saturated heterocycles. The molecule has 0 bridgehead atoms. The number of aryl methyl sites for hydroxylation is 1. The van der Waals surface area contributed by atoms with E-state index in [1.165, 1.54) is 6.07 Å². The Morgan fingerprint density at radius 3 is 2.37 bits per heavy atom. The summed E-state index contributed by atoms with van der Waals surface area (Å²) in [6, 6.07) is 12.4. The van der Waals surface area contributed by atoms with Crippen molar-refractivity contribution < 1.29 is 14.5 Å². The van der Waals surface area contributed by atoms with E-state index in [1.807, 2.05) is 42.2 Å². The molecule has 0 spiro atoms. The van der Waals surface area contributed by atoms with Crippen LogP contribution in [0.15, 0.2) is 42.5 Å². The van der Waals surface area contributed by atoms with Crippen LogP contribution in [0.1, 0.15) is 24.0 Å². The van der Waals surface area contributed by atoms with E-state index >= 15 is 0 Å². The number of nitrogens with zero attached hydrogens (tertiary/aromatic N) is 2. The lowest BCUT2D eigenvalue weighted by molar-refractivity contribution is -0.384. The van der Waals surface area contributed by atoms with Crippen molar-refractivity contribution in [2.45, 2.75) is 26.7 Å². The number of piperidine rings is 1. The first-order valence-electron chi connectivity index (χ1n) is 9.98. The Bertz CT molecular complexity index is 938. The fourth-order valence-corrected chi connectivity index (χ4v) is 3.61.